The van der Waals surface area contributed by atoms with E-state index in [-0.39, 0.29) is 32.4 Å². The number of fused-ring (bicyclic) bond motifs is 1. The monoisotopic (exact) mass is 528 g/mol. The summed E-state index contributed by atoms with van der Waals surface area (Å²) in [5.74, 6) is -3.06. The van der Waals surface area contributed by atoms with Crippen LogP contribution in [-0.4, -0.2) is 77.8 Å². The topological polar surface area (TPSA) is 213 Å². The number of carbonyl (C=O) groups excluding carboxylic acids is 5. The van der Waals surface area contributed by atoms with E-state index in [1.54, 1.807) is 13.1 Å². The standard InChI is InChI=1S/C25H36N8O5/c1-3-17-24(37)32-19(21(27)34)8-9-28-12-16(26)23(36)30-13(2)22(35)33-20(25(38)31-17)10-14-11-29-18-7-5-4-6-15(14)18/h4-7,11,13,16-17,19-20,28-29H,3,8-10,12,26H2,1-2H3,(H2,27,34)(H,30,36)(H,31,38)(H,32,37)(H,33,35)/t13-,16-,17-,19-,20-/m0/s1. The highest BCUT2D eigenvalue weighted by Crippen LogP contribution is 2.19. The molecule has 5 atom stereocenters. The Kier molecular flexibility index (Phi) is 9.79. The van der Waals surface area contributed by atoms with Crippen LogP contribution in [-0.2, 0) is 30.4 Å². The van der Waals surface area contributed by atoms with Crippen LogP contribution in [0.3, 0.4) is 0 Å². The van der Waals surface area contributed by atoms with Crippen LogP contribution in [0.5, 0.6) is 0 Å². The Morgan fingerprint density at radius 1 is 0.947 bits per heavy atom. The van der Waals surface area contributed by atoms with Gasteiger partial charge < -0.3 is 43.0 Å². The lowest BCUT2D eigenvalue weighted by molar-refractivity contribution is -0.134. The molecule has 1 aliphatic heterocycles. The lowest BCUT2D eigenvalue weighted by Gasteiger charge is -2.25. The van der Waals surface area contributed by atoms with Crippen molar-refractivity contribution in [2.24, 2.45) is 11.5 Å². The Morgan fingerprint density at radius 3 is 2.34 bits per heavy atom. The second kappa shape index (κ2) is 13.0. The molecule has 38 heavy (non-hydrogen) atoms. The van der Waals surface area contributed by atoms with E-state index in [9.17, 15) is 24.0 Å². The minimum absolute atomic E-state index is 0.0699. The third-order valence-corrected chi connectivity index (χ3v) is 6.50. The Morgan fingerprint density at radius 2 is 1.63 bits per heavy atom. The molecule has 13 heteroatoms. The summed E-state index contributed by atoms with van der Waals surface area (Å²) in [6.07, 6.45) is 2.26. The highest BCUT2D eigenvalue weighted by molar-refractivity contribution is 5.96. The summed E-state index contributed by atoms with van der Waals surface area (Å²) < 4.78 is 0. The van der Waals surface area contributed by atoms with Crippen LogP contribution in [0.1, 0.15) is 32.3 Å². The smallest absolute Gasteiger partial charge is 0.243 e. The van der Waals surface area contributed by atoms with Gasteiger partial charge in [0, 0.05) is 30.1 Å². The Bertz CT molecular complexity index is 1180. The van der Waals surface area contributed by atoms with E-state index in [1.165, 1.54) is 6.92 Å². The number of primary amides is 1. The fourth-order valence-electron chi connectivity index (χ4n) is 4.19. The Labute approximate surface area is 220 Å². The zero-order chi connectivity index (χ0) is 27.8. The van der Waals surface area contributed by atoms with Crippen molar-refractivity contribution in [3.63, 3.8) is 0 Å². The average molecular weight is 529 g/mol. The fraction of sp³-hybridized carbons (Fsp3) is 0.480. The zero-order valence-corrected chi connectivity index (χ0v) is 21.5. The van der Waals surface area contributed by atoms with E-state index in [0.29, 0.717) is 0 Å². The van der Waals surface area contributed by atoms with Gasteiger partial charge in [-0.2, -0.15) is 0 Å². The van der Waals surface area contributed by atoms with Crippen molar-refractivity contribution < 1.29 is 24.0 Å². The van der Waals surface area contributed by atoms with Gasteiger partial charge in [-0.15, -0.1) is 0 Å². The summed E-state index contributed by atoms with van der Waals surface area (Å²) in [7, 11) is 0. The summed E-state index contributed by atoms with van der Waals surface area (Å²) in [5.41, 5.74) is 13.0. The highest BCUT2D eigenvalue weighted by atomic mass is 16.2. The fourth-order valence-corrected chi connectivity index (χ4v) is 4.19. The molecule has 0 radical (unpaired) electrons. The number of para-hydroxylation sites is 1. The Balaban J connectivity index is 1.89. The van der Waals surface area contributed by atoms with Crippen LogP contribution >= 0.6 is 0 Å². The van der Waals surface area contributed by atoms with Crippen molar-refractivity contribution in [3.05, 3.63) is 36.0 Å². The number of H-pyrrole nitrogens is 1. The molecule has 10 N–H and O–H groups in total. The zero-order valence-electron chi connectivity index (χ0n) is 21.5. The number of aromatic nitrogens is 1. The molecule has 1 fully saturated rings. The lowest BCUT2D eigenvalue weighted by atomic mass is 10.0. The molecule has 0 saturated carbocycles. The molecule has 0 unspecified atom stereocenters. The number of carbonyl (C=O) groups is 5. The maximum Gasteiger partial charge on any atom is 0.243 e. The van der Waals surface area contributed by atoms with Crippen LogP contribution in [0.4, 0.5) is 0 Å². The second-order valence-electron chi connectivity index (χ2n) is 9.39. The molecule has 0 spiro atoms. The van der Waals surface area contributed by atoms with Gasteiger partial charge in [0.2, 0.25) is 29.5 Å². The first-order valence-corrected chi connectivity index (χ1v) is 12.6. The maximum atomic E-state index is 13.4. The molecule has 2 heterocycles. The molecule has 3 rings (SSSR count). The highest BCUT2D eigenvalue weighted by Gasteiger charge is 2.30. The van der Waals surface area contributed by atoms with Crippen LogP contribution in [0, 0.1) is 0 Å². The van der Waals surface area contributed by atoms with E-state index >= 15 is 0 Å². The van der Waals surface area contributed by atoms with Gasteiger partial charge >= 0.3 is 0 Å². The minimum atomic E-state index is -1.07. The maximum absolute atomic E-state index is 13.4. The van der Waals surface area contributed by atoms with Gasteiger partial charge in [0.05, 0.1) is 6.04 Å². The molecule has 0 aliphatic carbocycles. The Hall–Kier alpha value is -3.97. The molecule has 0 bridgehead atoms. The number of hydrogen-bond acceptors (Lipinski definition) is 7. The SMILES string of the molecule is CC[C@@H]1NC(=O)[C@H](Cc2c[nH]c3ccccc23)NC(=O)[C@H](C)NC(=O)[C@@H](N)CNCC[C@@H](C(N)=O)NC1=O. The van der Waals surface area contributed by atoms with Crippen LogP contribution < -0.4 is 38.1 Å². The summed E-state index contributed by atoms with van der Waals surface area (Å²) >= 11 is 0. The van der Waals surface area contributed by atoms with Crippen molar-refractivity contribution in [1.29, 1.82) is 0 Å². The van der Waals surface area contributed by atoms with Gasteiger partial charge in [-0.05, 0) is 37.9 Å². The van der Waals surface area contributed by atoms with Gasteiger partial charge in [-0.3, -0.25) is 24.0 Å². The minimum Gasteiger partial charge on any atom is -0.368 e. The van der Waals surface area contributed by atoms with Gasteiger partial charge in [0.15, 0.2) is 0 Å². The van der Waals surface area contributed by atoms with E-state index in [0.717, 1.165) is 16.5 Å². The molecular weight excluding hydrogens is 492 g/mol. The summed E-state index contributed by atoms with van der Waals surface area (Å²) in [4.78, 5) is 66.9. The van der Waals surface area contributed by atoms with Crippen molar-refractivity contribution in [2.75, 3.05) is 13.1 Å². The molecule has 1 aromatic heterocycles. The van der Waals surface area contributed by atoms with Crippen LogP contribution in [0.15, 0.2) is 30.5 Å². The summed E-state index contributed by atoms with van der Waals surface area (Å²) in [5, 5.41) is 14.3. The van der Waals surface area contributed by atoms with E-state index in [2.05, 4.69) is 31.6 Å². The number of rotatable bonds is 4. The second-order valence-corrected chi connectivity index (χ2v) is 9.39. The largest absolute Gasteiger partial charge is 0.368 e. The first-order valence-electron chi connectivity index (χ1n) is 12.6. The molecule has 13 nitrogen and oxygen atoms in total. The quantitative estimate of drug-likeness (QED) is 0.221. The van der Waals surface area contributed by atoms with Crippen molar-refractivity contribution in [2.45, 2.75) is 63.3 Å². The van der Waals surface area contributed by atoms with Gasteiger partial charge in [-0.25, -0.2) is 0 Å². The molecule has 1 aromatic carbocycles. The lowest BCUT2D eigenvalue weighted by Crippen LogP contribution is -2.58. The molecule has 5 amide bonds. The van der Waals surface area contributed by atoms with Crippen molar-refractivity contribution in [3.8, 4) is 0 Å². The number of nitrogens with two attached hydrogens (primary N) is 2. The summed E-state index contributed by atoms with van der Waals surface area (Å²) in [6, 6.07) is 2.53. The number of nitrogens with one attached hydrogen (secondary N) is 6. The summed E-state index contributed by atoms with van der Waals surface area (Å²) in [6.45, 7) is 3.50. The van der Waals surface area contributed by atoms with Gasteiger partial charge in [0.1, 0.15) is 24.2 Å². The third-order valence-electron chi connectivity index (χ3n) is 6.50. The van der Waals surface area contributed by atoms with Gasteiger partial charge in [-0.1, -0.05) is 25.1 Å². The predicted octanol–water partition coefficient (Wildman–Crippen LogP) is -2.11. The molecule has 206 valence electrons. The number of amides is 5. The van der Waals surface area contributed by atoms with E-state index in [4.69, 9.17) is 11.5 Å². The first kappa shape index (κ1) is 28.6. The normalized spacial score (nSPS) is 26.6. The van der Waals surface area contributed by atoms with Gasteiger partial charge in [0.25, 0.3) is 0 Å². The average Bonchev–Trinajstić information content (AvgIpc) is 3.30. The van der Waals surface area contributed by atoms with Crippen molar-refractivity contribution >= 4 is 40.4 Å². The predicted molar refractivity (Wildman–Crippen MR) is 140 cm³/mol. The molecule has 1 saturated heterocycles. The van der Waals surface area contributed by atoms with Crippen LogP contribution in [0.25, 0.3) is 10.9 Å². The third kappa shape index (κ3) is 7.29. The first-order chi connectivity index (χ1) is 18.1. The number of benzene rings is 1. The number of hydrogen-bond donors (Lipinski definition) is 8. The molecular formula is C25H36N8O5. The van der Waals surface area contributed by atoms with E-state index < -0.39 is 59.7 Å². The molecule has 2 aromatic rings. The number of aromatic amines is 1. The van der Waals surface area contributed by atoms with Crippen molar-refractivity contribution in [1.82, 2.24) is 31.6 Å². The molecule has 1 aliphatic rings. The van der Waals surface area contributed by atoms with Crippen LogP contribution in [0.2, 0.25) is 0 Å². The van der Waals surface area contributed by atoms with E-state index in [1.807, 2.05) is 24.3 Å².